The van der Waals surface area contributed by atoms with Crippen molar-refractivity contribution in [1.29, 1.82) is 0 Å². The fourth-order valence-corrected chi connectivity index (χ4v) is 2.98. The zero-order chi connectivity index (χ0) is 14.5. The van der Waals surface area contributed by atoms with Crippen LogP contribution in [-0.2, 0) is 0 Å². The lowest BCUT2D eigenvalue weighted by Gasteiger charge is -2.34. The third kappa shape index (κ3) is 3.52. The second kappa shape index (κ2) is 7.09. The summed E-state index contributed by atoms with van der Waals surface area (Å²) in [6.07, 6.45) is 3.03. The van der Waals surface area contributed by atoms with Crippen molar-refractivity contribution in [2.24, 2.45) is 0 Å². The monoisotopic (exact) mass is 340 g/mol. The fraction of sp³-hybridized carbons (Fsp3) is 0.533. The average Bonchev–Trinajstić information content (AvgIpc) is 2.45. The number of halogens is 1. The van der Waals surface area contributed by atoms with E-state index in [1.807, 2.05) is 4.90 Å². The Hall–Kier alpha value is -1.07. The first-order valence-electron chi connectivity index (χ1n) is 7.13. The lowest BCUT2D eigenvalue weighted by Crippen LogP contribution is -2.49. The summed E-state index contributed by atoms with van der Waals surface area (Å²) in [5.74, 6) is -0.0419. The number of amides is 1. The molecular weight excluding hydrogens is 320 g/mol. The zero-order valence-corrected chi connectivity index (χ0v) is 13.3. The minimum Gasteiger partial charge on any atom is -0.507 e. The fourth-order valence-electron chi connectivity index (χ4n) is 2.63. The second-order valence-electron chi connectivity index (χ2n) is 5.16. The van der Waals surface area contributed by atoms with E-state index in [4.69, 9.17) is 0 Å². The molecule has 0 saturated carbocycles. The van der Waals surface area contributed by atoms with E-state index in [0.717, 1.165) is 43.4 Å². The summed E-state index contributed by atoms with van der Waals surface area (Å²) in [6, 6.07) is 5.26. The van der Waals surface area contributed by atoms with Crippen molar-refractivity contribution >= 4 is 21.8 Å². The standard InChI is InChI=1S/C15H21BrN2O2/c1-2-8-18(12-4-3-7-17-10-12)15(20)13-6-5-11(16)9-14(13)19/h5-6,9,12,17,19H,2-4,7-8,10H2,1H3. The summed E-state index contributed by atoms with van der Waals surface area (Å²) < 4.78 is 0.771. The lowest BCUT2D eigenvalue weighted by atomic mass is 10.0. The van der Waals surface area contributed by atoms with E-state index in [1.165, 1.54) is 0 Å². The topological polar surface area (TPSA) is 52.6 Å². The molecule has 110 valence electrons. The summed E-state index contributed by atoms with van der Waals surface area (Å²) in [7, 11) is 0. The molecule has 1 aromatic rings. The van der Waals surface area contributed by atoms with E-state index in [9.17, 15) is 9.90 Å². The Morgan fingerprint density at radius 2 is 2.35 bits per heavy atom. The van der Waals surface area contributed by atoms with Gasteiger partial charge in [0.1, 0.15) is 5.75 Å². The number of rotatable bonds is 4. The van der Waals surface area contributed by atoms with Gasteiger partial charge in [0.2, 0.25) is 0 Å². The minimum atomic E-state index is -0.0782. The highest BCUT2D eigenvalue weighted by molar-refractivity contribution is 9.10. The molecular formula is C15H21BrN2O2. The van der Waals surface area contributed by atoms with Gasteiger partial charge in [-0.05, 0) is 44.0 Å². The number of piperidine rings is 1. The van der Waals surface area contributed by atoms with Crippen molar-refractivity contribution in [3.8, 4) is 5.75 Å². The van der Waals surface area contributed by atoms with Gasteiger partial charge in [0.15, 0.2) is 0 Å². The quantitative estimate of drug-likeness (QED) is 0.886. The number of carbonyl (C=O) groups excluding carboxylic acids is 1. The summed E-state index contributed by atoms with van der Waals surface area (Å²) in [6.45, 7) is 4.65. The second-order valence-corrected chi connectivity index (χ2v) is 6.08. The van der Waals surface area contributed by atoms with Gasteiger partial charge in [-0.1, -0.05) is 22.9 Å². The molecule has 5 heteroatoms. The third-order valence-electron chi connectivity index (χ3n) is 3.63. The molecule has 20 heavy (non-hydrogen) atoms. The van der Waals surface area contributed by atoms with Crippen molar-refractivity contribution in [3.05, 3.63) is 28.2 Å². The molecule has 1 atom stereocenters. The van der Waals surface area contributed by atoms with Crippen LogP contribution in [0.1, 0.15) is 36.5 Å². The molecule has 1 aliphatic heterocycles. The molecule has 0 aromatic heterocycles. The van der Waals surface area contributed by atoms with Crippen molar-refractivity contribution in [1.82, 2.24) is 10.2 Å². The Balaban J connectivity index is 2.21. The predicted octanol–water partition coefficient (Wildman–Crippen LogP) is 2.76. The molecule has 1 saturated heterocycles. The van der Waals surface area contributed by atoms with Gasteiger partial charge in [-0.2, -0.15) is 0 Å². The lowest BCUT2D eigenvalue weighted by molar-refractivity contribution is 0.0646. The summed E-state index contributed by atoms with van der Waals surface area (Å²) in [5.41, 5.74) is 0.382. The van der Waals surface area contributed by atoms with Crippen LogP contribution in [0.5, 0.6) is 5.75 Å². The zero-order valence-electron chi connectivity index (χ0n) is 11.7. The van der Waals surface area contributed by atoms with E-state index < -0.39 is 0 Å². The van der Waals surface area contributed by atoms with E-state index in [1.54, 1.807) is 18.2 Å². The number of aromatic hydroxyl groups is 1. The number of phenols is 1. The number of hydrogen-bond acceptors (Lipinski definition) is 3. The number of phenolic OH excluding ortho intramolecular Hbond substituents is 1. The Morgan fingerprint density at radius 3 is 2.95 bits per heavy atom. The maximum absolute atomic E-state index is 12.7. The van der Waals surface area contributed by atoms with Crippen LogP contribution in [0.4, 0.5) is 0 Å². The van der Waals surface area contributed by atoms with Crippen LogP contribution in [0.2, 0.25) is 0 Å². The van der Waals surface area contributed by atoms with E-state index in [-0.39, 0.29) is 17.7 Å². The molecule has 2 N–H and O–H groups in total. The molecule has 2 rings (SSSR count). The van der Waals surface area contributed by atoms with Gasteiger partial charge in [-0.15, -0.1) is 0 Å². The van der Waals surface area contributed by atoms with Gasteiger partial charge in [0.05, 0.1) is 5.56 Å². The highest BCUT2D eigenvalue weighted by atomic mass is 79.9. The molecule has 1 aliphatic rings. The number of carbonyl (C=O) groups is 1. The molecule has 0 spiro atoms. The molecule has 1 unspecified atom stereocenters. The van der Waals surface area contributed by atoms with E-state index in [0.29, 0.717) is 5.56 Å². The Labute approximate surface area is 128 Å². The van der Waals surface area contributed by atoms with Crippen LogP contribution >= 0.6 is 15.9 Å². The van der Waals surface area contributed by atoms with Crippen molar-refractivity contribution in [2.75, 3.05) is 19.6 Å². The first kappa shape index (κ1) is 15.3. The van der Waals surface area contributed by atoms with Crippen LogP contribution < -0.4 is 5.32 Å². The number of nitrogens with zero attached hydrogens (tertiary/aromatic N) is 1. The van der Waals surface area contributed by atoms with Crippen molar-refractivity contribution in [3.63, 3.8) is 0 Å². The molecule has 4 nitrogen and oxygen atoms in total. The Kier molecular flexibility index (Phi) is 5.43. The number of nitrogens with one attached hydrogen (secondary N) is 1. The Morgan fingerprint density at radius 1 is 1.55 bits per heavy atom. The van der Waals surface area contributed by atoms with Crippen LogP contribution in [-0.4, -0.2) is 41.6 Å². The van der Waals surface area contributed by atoms with Gasteiger partial charge < -0.3 is 15.3 Å². The van der Waals surface area contributed by atoms with Crippen LogP contribution in [0.3, 0.4) is 0 Å². The van der Waals surface area contributed by atoms with Gasteiger partial charge >= 0.3 is 0 Å². The Bertz CT molecular complexity index is 473. The number of hydrogen-bond donors (Lipinski definition) is 2. The molecule has 1 heterocycles. The highest BCUT2D eigenvalue weighted by Gasteiger charge is 2.26. The predicted molar refractivity (Wildman–Crippen MR) is 83.0 cm³/mol. The van der Waals surface area contributed by atoms with Crippen LogP contribution in [0.15, 0.2) is 22.7 Å². The van der Waals surface area contributed by atoms with Gasteiger partial charge in [-0.3, -0.25) is 4.79 Å². The number of benzene rings is 1. The molecule has 1 fully saturated rings. The molecule has 1 amide bonds. The largest absolute Gasteiger partial charge is 0.507 e. The van der Waals surface area contributed by atoms with Crippen LogP contribution in [0, 0.1) is 0 Å². The first-order valence-corrected chi connectivity index (χ1v) is 7.93. The van der Waals surface area contributed by atoms with Crippen LogP contribution in [0.25, 0.3) is 0 Å². The summed E-state index contributed by atoms with van der Waals surface area (Å²) >= 11 is 3.29. The van der Waals surface area contributed by atoms with Crippen molar-refractivity contribution in [2.45, 2.75) is 32.2 Å². The van der Waals surface area contributed by atoms with E-state index in [2.05, 4.69) is 28.2 Å². The molecule has 0 aliphatic carbocycles. The first-order chi connectivity index (χ1) is 9.63. The highest BCUT2D eigenvalue weighted by Crippen LogP contribution is 2.25. The third-order valence-corrected chi connectivity index (χ3v) is 4.12. The van der Waals surface area contributed by atoms with Gasteiger partial charge in [-0.25, -0.2) is 0 Å². The summed E-state index contributed by atoms with van der Waals surface area (Å²) in [5, 5.41) is 13.3. The van der Waals surface area contributed by atoms with E-state index >= 15 is 0 Å². The average molecular weight is 341 g/mol. The normalized spacial score (nSPS) is 18.8. The van der Waals surface area contributed by atoms with Gasteiger partial charge in [0, 0.05) is 23.6 Å². The van der Waals surface area contributed by atoms with Gasteiger partial charge in [0.25, 0.3) is 5.91 Å². The maximum atomic E-state index is 12.7. The maximum Gasteiger partial charge on any atom is 0.257 e. The smallest absolute Gasteiger partial charge is 0.257 e. The van der Waals surface area contributed by atoms with Crippen molar-refractivity contribution < 1.29 is 9.90 Å². The minimum absolute atomic E-state index is 0.0363. The molecule has 1 aromatic carbocycles. The summed E-state index contributed by atoms with van der Waals surface area (Å²) in [4.78, 5) is 14.6. The SMILES string of the molecule is CCCN(C(=O)c1ccc(Br)cc1O)C1CCCNC1. The molecule has 0 bridgehead atoms. The molecule has 0 radical (unpaired) electrons.